The summed E-state index contributed by atoms with van der Waals surface area (Å²) in [5.41, 5.74) is -0.758. The summed E-state index contributed by atoms with van der Waals surface area (Å²) in [6.45, 7) is 5.12. The molecule has 0 fully saturated rings. The Morgan fingerprint density at radius 1 is 1.37 bits per heavy atom. The van der Waals surface area contributed by atoms with Crippen LogP contribution >= 0.6 is 0 Å². The molecule has 0 saturated heterocycles. The zero-order chi connectivity index (χ0) is 14.6. The number of ether oxygens (including phenoxy) is 1. The molecule has 1 rings (SSSR count). The number of carboxylic acids is 1. The number of hydrogen-bond donors (Lipinski definition) is 1. The van der Waals surface area contributed by atoms with Gasteiger partial charge < -0.3 is 14.6 Å². The maximum atomic E-state index is 11.5. The molecule has 0 aliphatic rings. The van der Waals surface area contributed by atoms with Crippen molar-refractivity contribution in [3.63, 3.8) is 0 Å². The van der Waals surface area contributed by atoms with Gasteiger partial charge in [-0.2, -0.15) is 5.26 Å². The summed E-state index contributed by atoms with van der Waals surface area (Å²) in [5.74, 6) is -1.48. The lowest BCUT2D eigenvalue weighted by Gasteiger charge is -2.20. The molecular formula is C13H13N2O4-. The number of nitrogens with zero attached hydrogens (tertiary/aromatic N) is 1. The maximum absolute atomic E-state index is 11.5. The molecule has 6 heteroatoms. The number of nitrogens with one attached hydrogen (secondary N) is 1. The van der Waals surface area contributed by atoms with Crippen molar-refractivity contribution in [2.45, 2.75) is 26.4 Å². The second-order valence-electron chi connectivity index (χ2n) is 4.79. The summed E-state index contributed by atoms with van der Waals surface area (Å²) >= 11 is 0. The average molecular weight is 261 g/mol. The topological polar surface area (TPSA) is 102 Å². The quantitative estimate of drug-likeness (QED) is 0.863. The molecule has 1 amide bonds. The second kappa shape index (κ2) is 5.40. The smallest absolute Gasteiger partial charge is 0.412 e. The second-order valence-corrected chi connectivity index (χ2v) is 4.79. The van der Waals surface area contributed by atoms with E-state index in [4.69, 9.17) is 10.00 Å². The van der Waals surface area contributed by atoms with E-state index in [-0.39, 0.29) is 16.8 Å². The summed E-state index contributed by atoms with van der Waals surface area (Å²) < 4.78 is 5.02. The predicted molar refractivity (Wildman–Crippen MR) is 65.3 cm³/mol. The lowest BCUT2D eigenvalue weighted by atomic mass is 10.1. The minimum atomic E-state index is -1.48. The molecule has 1 aromatic rings. The maximum Gasteiger partial charge on any atom is 0.412 e. The molecule has 19 heavy (non-hydrogen) atoms. The first-order valence-electron chi connectivity index (χ1n) is 5.48. The molecule has 100 valence electrons. The molecule has 0 saturated carbocycles. The first-order valence-corrected chi connectivity index (χ1v) is 5.48. The minimum absolute atomic E-state index is 0.0326. The summed E-state index contributed by atoms with van der Waals surface area (Å²) in [6.07, 6.45) is -0.707. The first kappa shape index (κ1) is 14.5. The summed E-state index contributed by atoms with van der Waals surface area (Å²) in [7, 11) is 0. The molecule has 0 heterocycles. The van der Waals surface area contributed by atoms with Gasteiger partial charge in [-0.1, -0.05) is 0 Å². The highest BCUT2D eigenvalue weighted by molar-refractivity contribution is 5.92. The SMILES string of the molecule is CC(C)(C)OC(=O)Nc1ccc(C#N)c(C(=O)[O-])c1. The lowest BCUT2D eigenvalue weighted by Crippen LogP contribution is -2.27. The molecule has 0 radical (unpaired) electrons. The van der Waals surface area contributed by atoms with E-state index in [0.717, 1.165) is 6.07 Å². The third-order valence-electron chi connectivity index (χ3n) is 2.01. The van der Waals surface area contributed by atoms with Gasteiger partial charge in [-0.05, 0) is 39.0 Å². The number of aromatic carboxylic acids is 1. The molecule has 0 spiro atoms. The Hall–Kier alpha value is -2.55. The Kier molecular flexibility index (Phi) is 4.12. The molecule has 0 bridgehead atoms. The van der Waals surface area contributed by atoms with Crippen molar-refractivity contribution < 1.29 is 19.4 Å². The van der Waals surface area contributed by atoms with E-state index in [9.17, 15) is 14.7 Å². The van der Waals surface area contributed by atoms with E-state index in [1.165, 1.54) is 12.1 Å². The number of carbonyl (C=O) groups is 2. The van der Waals surface area contributed by atoms with Crippen molar-refractivity contribution in [3.05, 3.63) is 29.3 Å². The Morgan fingerprint density at radius 2 is 2.00 bits per heavy atom. The molecular weight excluding hydrogens is 248 g/mol. The van der Waals surface area contributed by atoms with Crippen LogP contribution in [0.25, 0.3) is 0 Å². The minimum Gasteiger partial charge on any atom is -0.545 e. The largest absolute Gasteiger partial charge is 0.545 e. The molecule has 1 aromatic carbocycles. The first-order chi connectivity index (χ1) is 8.73. The summed E-state index contributed by atoms with van der Waals surface area (Å²) in [6, 6.07) is 5.58. The van der Waals surface area contributed by atoms with Crippen molar-refractivity contribution in [3.8, 4) is 6.07 Å². The van der Waals surface area contributed by atoms with Gasteiger partial charge in [0.2, 0.25) is 0 Å². The Morgan fingerprint density at radius 3 is 2.47 bits per heavy atom. The summed E-state index contributed by atoms with van der Waals surface area (Å²) in [5, 5.41) is 22.0. The number of amides is 1. The molecule has 6 nitrogen and oxygen atoms in total. The van der Waals surface area contributed by atoms with Crippen LogP contribution in [0.1, 0.15) is 36.7 Å². The predicted octanol–water partition coefficient (Wildman–Crippen LogP) is 1.27. The molecule has 0 atom stereocenters. The van der Waals surface area contributed by atoms with Crippen LogP contribution < -0.4 is 10.4 Å². The number of carbonyl (C=O) groups excluding carboxylic acids is 2. The van der Waals surface area contributed by atoms with Gasteiger partial charge in [0, 0.05) is 11.3 Å². The van der Waals surface area contributed by atoms with Gasteiger partial charge in [-0.15, -0.1) is 0 Å². The number of carboxylic acid groups (broad SMARTS) is 1. The van der Waals surface area contributed by atoms with Crippen molar-refractivity contribution in [2.75, 3.05) is 5.32 Å². The van der Waals surface area contributed by atoms with Gasteiger partial charge in [0.15, 0.2) is 0 Å². The highest BCUT2D eigenvalue weighted by Crippen LogP contribution is 2.16. The zero-order valence-electron chi connectivity index (χ0n) is 10.8. The van der Waals surface area contributed by atoms with Crippen molar-refractivity contribution in [1.82, 2.24) is 0 Å². The number of benzene rings is 1. The Labute approximate surface area is 110 Å². The normalized spacial score (nSPS) is 10.4. The van der Waals surface area contributed by atoms with E-state index < -0.39 is 17.7 Å². The van der Waals surface area contributed by atoms with Gasteiger partial charge >= 0.3 is 6.09 Å². The van der Waals surface area contributed by atoms with Crippen molar-refractivity contribution >= 4 is 17.7 Å². The number of hydrogen-bond acceptors (Lipinski definition) is 5. The van der Waals surface area contributed by atoms with Gasteiger partial charge in [-0.25, -0.2) is 4.79 Å². The fraction of sp³-hybridized carbons (Fsp3) is 0.308. The fourth-order valence-electron chi connectivity index (χ4n) is 1.31. The summed E-state index contributed by atoms with van der Waals surface area (Å²) in [4.78, 5) is 22.3. The van der Waals surface area contributed by atoms with Crippen LogP contribution in [0, 0.1) is 11.3 Å². The highest BCUT2D eigenvalue weighted by atomic mass is 16.6. The third-order valence-corrected chi connectivity index (χ3v) is 2.01. The van der Waals surface area contributed by atoms with Gasteiger partial charge in [0.05, 0.1) is 17.6 Å². The third kappa shape index (κ3) is 4.32. The molecule has 0 aliphatic heterocycles. The van der Waals surface area contributed by atoms with E-state index in [0.29, 0.717) is 0 Å². The number of rotatable bonds is 2. The zero-order valence-corrected chi connectivity index (χ0v) is 10.8. The highest BCUT2D eigenvalue weighted by Gasteiger charge is 2.16. The van der Waals surface area contributed by atoms with Crippen LogP contribution in [0.5, 0.6) is 0 Å². The Bertz CT molecular complexity index is 553. The van der Waals surface area contributed by atoms with E-state index in [1.54, 1.807) is 26.8 Å². The van der Waals surface area contributed by atoms with Crippen LogP contribution in [0.2, 0.25) is 0 Å². The van der Waals surface area contributed by atoms with Gasteiger partial charge in [0.25, 0.3) is 0 Å². The van der Waals surface area contributed by atoms with Crippen LogP contribution in [-0.2, 0) is 4.74 Å². The van der Waals surface area contributed by atoms with E-state index in [2.05, 4.69) is 5.32 Å². The van der Waals surface area contributed by atoms with Crippen LogP contribution in [-0.4, -0.2) is 17.7 Å². The Balaban J connectivity index is 2.92. The monoisotopic (exact) mass is 261 g/mol. The van der Waals surface area contributed by atoms with Crippen LogP contribution in [0.15, 0.2) is 18.2 Å². The molecule has 0 aliphatic carbocycles. The van der Waals surface area contributed by atoms with E-state index in [1.807, 2.05) is 0 Å². The number of nitriles is 1. The fourth-order valence-corrected chi connectivity index (χ4v) is 1.31. The molecule has 0 unspecified atom stereocenters. The standard InChI is InChI=1S/C13H14N2O4/c1-13(2,3)19-12(18)15-9-5-4-8(7-14)10(6-9)11(16)17/h4-6H,1-3H3,(H,15,18)(H,16,17)/p-1. The number of anilines is 1. The van der Waals surface area contributed by atoms with Crippen molar-refractivity contribution in [1.29, 1.82) is 5.26 Å². The average Bonchev–Trinajstić information content (AvgIpc) is 2.26. The molecule has 0 aromatic heterocycles. The van der Waals surface area contributed by atoms with Gasteiger partial charge in [-0.3, -0.25) is 5.32 Å². The van der Waals surface area contributed by atoms with Crippen molar-refractivity contribution in [2.24, 2.45) is 0 Å². The van der Waals surface area contributed by atoms with Gasteiger partial charge in [0.1, 0.15) is 5.60 Å². The van der Waals surface area contributed by atoms with Crippen LogP contribution in [0.4, 0.5) is 10.5 Å². The van der Waals surface area contributed by atoms with Crippen LogP contribution in [0.3, 0.4) is 0 Å². The lowest BCUT2D eigenvalue weighted by molar-refractivity contribution is -0.255. The molecule has 1 N–H and O–H groups in total. The van der Waals surface area contributed by atoms with E-state index >= 15 is 0 Å².